The van der Waals surface area contributed by atoms with E-state index in [9.17, 15) is 14.7 Å². The molecule has 1 aromatic heterocycles. The van der Waals surface area contributed by atoms with Gasteiger partial charge in [-0.25, -0.2) is 4.98 Å². The van der Waals surface area contributed by atoms with E-state index in [1.807, 2.05) is 39.0 Å². The van der Waals surface area contributed by atoms with Gasteiger partial charge in [0, 0.05) is 25.2 Å². The third-order valence-electron chi connectivity index (χ3n) is 5.24. The largest absolute Gasteiger partial charge is 0.507 e. The zero-order valence-electron chi connectivity index (χ0n) is 16.6. The number of nitrogens with zero attached hydrogens (tertiary/aromatic N) is 2. The first-order valence-corrected chi connectivity index (χ1v) is 9.71. The molecule has 148 valence electrons. The minimum absolute atomic E-state index is 0.000196. The van der Waals surface area contributed by atoms with E-state index < -0.39 is 0 Å². The molecule has 6 heteroatoms. The monoisotopic (exact) mass is 381 g/mol. The van der Waals surface area contributed by atoms with Crippen LogP contribution in [0.3, 0.4) is 0 Å². The van der Waals surface area contributed by atoms with Crippen LogP contribution < -0.4 is 5.32 Å². The lowest BCUT2D eigenvalue weighted by atomic mass is 9.94. The first-order chi connectivity index (χ1) is 13.3. The molecule has 0 unspecified atom stereocenters. The molecule has 2 N–H and O–H groups in total. The van der Waals surface area contributed by atoms with Gasteiger partial charge in [0.2, 0.25) is 5.91 Å². The van der Waals surface area contributed by atoms with Gasteiger partial charge in [-0.15, -0.1) is 0 Å². The Balaban J connectivity index is 1.61. The lowest BCUT2D eigenvalue weighted by Gasteiger charge is -2.31. The molecule has 0 atom stereocenters. The standard InChI is InChI=1S/C22H27N3O3/c1-14(2)17-4-5-19(26)18(13-17)22(28)25-10-7-16(8-11-25)21(27)24-20-12-15(3)6-9-23-20/h4-6,9,12-14,16,26H,7-8,10-11H2,1-3H3,(H,23,24,27). The van der Waals surface area contributed by atoms with Crippen molar-refractivity contribution < 1.29 is 14.7 Å². The molecule has 1 aliphatic heterocycles. The van der Waals surface area contributed by atoms with Gasteiger partial charge in [0.05, 0.1) is 5.56 Å². The van der Waals surface area contributed by atoms with E-state index in [-0.39, 0.29) is 29.4 Å². The fraction of sp³-hybridized carbons (Fsp3) is 0.409. The summed E-state index contributed by atoms with van der Waals surface area (Å²) in [5, 5.41) is 13.0. The molecule has 1 saturated heterocycles. The van der Waals surface area contributed by atoms with Gasteiger partial charge in [-0.2, -0.15) is 0 Å². The van der Waals surface area contributed by atoms with Crippen LogP contribution in [0.2, 0.25) is 0 Å². The van der Waals surface area contributed by atoms with Gasteiger partial charge in [-0.05, 0) is 61.1 Å². The average Bonchev–Trinajstić information content (AvgIpc) is 2.67. The van der Waals surface area contributed by atoms with Crippen LogP contribution in [0.15, 0.2) is 36.5 Å². The molecule has 2 amide bonds. The molecular weight excluding hydrogens is 354 g/mol. The quantitative estimate of drug-likeness (QED) is 0.846. The Kier molecular flexibility index (Phi) is 5.97. The number of aryl methyl sites for hydroxylation is 1. The van der Waals surface area contributed by atoms with Gasteiger partial charge in [0.1, 0.15) is 11.6 Å². The van der Waals surface area contributed by atoms with Crippen LogP contribution in [0.4, 0.5) is 5.82 Å². The van der Waals surface area contributed by atoms with E-state index in [1.165, 1.54) is 0 Å². The molecule has 1 fully saturated rings. The Morgan fingerprint density at radius 1 is 1.18 bits per heavy atom. The first kappa shape index (κ1) is 19.9. The molecule has 0 spiro atoms. The zero-order chi connectivity index (χ0) is 20.3. The van der Waals surface area contributed by atoms with Crippen LogP contribution in [-0.4, -0.2) is 39.9 Å². The summed E-state index contributed by atoms with van der Waals surface area (Å²) in [5.41, 5.74) is 2.38. The molecule has 0 aliphatic carbocycles. The molecule has 0 bridgehead atoms. The summed E-state index contributed by atoms with van der Waals surface area (Å²) in [4.78, 5) is 31.2. The molecule has 3 rings (SSSR count). The van der Waals surface area contributed by atoms with E-state index in [4.69, 9.17) is 0 Å². The number of rotatable bonds is 4. The van der Waals surface area contributed by atoms with Crippen molar-refractivity contribution in [3.8, 4) is 5.75 Å². The van der Waals surface area contributed by atoms with E-state index in [0.29, 0.717) is 37.3 Å². The Morgan fingerprint density at radius 3 is 2.54 bits per heavy atom. The SMILES string of the molecule is Cc1ccnc(NC(=O)C2CCN(C(=O)c3cc(C(C)C)ccc3O)CC2)c1. The van der Waals surface area contributed by atoms with Crippen LogP contribution in [-0.2, 0) is 4.79 Å². The second-order valence-electron chi connectivity index (χ2n) is 7.71. The molecule has 28 heavy (non-hydrogen) atoms. The molecule has 1 aliphatic rings. The normalized spacial score (nSPS) is 14.9. The molecule has 0 saturated carbocycles. The molecular formula is C22H27N3O3. The maximum absolute atomic E-state index is 12.9. The third kappa shape index (κ3) is 4.50. The number of carbonyl (C=O) groups is 2. The lowest BCUT2D eigenvalue weighted by Crippen LogP contribution is -2.41. The van der Waals surface area contributed by atoms with Crippen LogP contribution >= 0.6 is 0 Å². The van der Waals surface area contributed by atoms with Gasteiger partial charge in [-0.3, -0.25) is 9.59 Å². The van der Waals surface area contributed by atoms with Gasteiger partial charge in [0.25, 0.3) is 5.91 Å². The van der Waals surface area contributed by atoms with Crippen molar-refractivity contribution in [1.82, 2.24) is 9.88 Å². The van der Waals surface area contributed by atoms with Crippen molar-refractivity contribution in [3.63, 3.8) is 0 Å². The number of nitrogens with one attached hydrogen (secondary N) is 1. The zero-order valence-corrected chi connectivity index (χ0v) is 16.6. The van der Waals surface area contributed by atoms with E-state index in [0.717, 1.165) is 11.1 Å². The van der Waals surface area contributed by atoms with Crippen molar-refractivity contribution >= 4 is 17.6 Å². The topological polar surface area (TPSA) is 82.5 Å². The molecule has 0 radical (unpaired) electrons. The van der Waals surface area contributed by atoms with E-state index in [2.05, 4.69) is 10.3 Å². The summed E-state index contributed by atoms with van der Waals surface area (Å²) in [6.07, 6.45) is 2.85. The maximum Gasteiger partial charge on any atom is 0.257 e. The summed E-state index contributed by atoms with van der Waals surface area (Å²) in [6.45, 7) is 7.03. The number of pyridine rings is 1. The second-order valence-corrected chi connectivity index (χ2v) is 7.71. The number of likely N-dealkylation sites (tertiary alicyclic amines) is 1. The average molecular weight is 381 g/mol. The molecule has 1 aromatic carbocycles. The number of aromatic hydroxyl groups is 1. The predicted octanol–water partition coefficient (Wildman–Crippen LogP) is 3.71. The highest BCUT2D eigenvalue weighted by molar-refractivity contribution is 5.97. The van der Waals surface area contributed by atoms with Crippen LogP contribution in [0.25, 0.3) is 0 Å². The van der Waals surface area contributed by atoms with Crippen LogP contribution in [0.1, 0.15) is 54.1 Å². The van der Waals surface area contributed by atoms with Crippen LogP contribution in [0.5, 0.6) is 5.75 Å². The summed E-state index contributed by atoms with van der Waals surface area (Å²) < 4.78 is 0. The van der Waals surface area contributed by atoms with Crippen molar-refractivity contribution in [1.29, 1.82) is 0 Å². The van der Waals surface area contributed by atoms with Gasteiger partial charge < -0.3 is 15.3 Å². The highest BCUT2D eigenvalue weighted by Crippen LogP contribution is 2.27. The summed E-state index contributed by atoms with van der Waals surface area (Å²) in [5.74, 6) is 0.437. The number of phenols is 1. The Hall–Kier alpha value is -2.89. The highest BCUT2D eigenvalue weighted by atomic mass is 16.3. The van der Waals surface area contributed by atoms with Crippen LogP contribution in [0, 0.1) is 12.8 Å². The Morgan fingerprint density at radius 2 is 1.89 bits per heavy atom. The molecule has 6 nitrogen and oxygen atoms in total. The van der Waals surface area contributed by atoms with E-state index >= 15 is 0 Å². The first-order valence-electron chi connectivity index (χ1n) is 9.71. The number of carbonyl (C=O) groups excluding carboxylic acids is 2. The number of aromatic nitrogens is 1. The summed E-state index contributed by atoms with van der Waals surface area (Å²) in [7, 11) is 0. The van der Waals surface area contributed by atoms with Crippen molar-refractivity contribution in [2.45, 2.75) is 39.5 Å². The number of amides is 2. The van der Waals surface area contributed by atoms with Gasteiger partial charge >= 0.3 is 0 Å². The number of hydrogen-bond donors (Lipinski definition) is 2. The van der Waals surface area contributed by atoms with Gasteiger partial charge in [0.15, 0.2) is 0 Å². The maximum atomic E-state index is 12.9. The van der Waals surface area contributed by atoms with Crippen molar-refractivity contribution in [3.05, 3.63) is 53.2 Å². The summed E-state index contributed by atoms with van der Waals surface area (Å²) in [6, 6.07) is 8.90. The fourth-order valence-corrected chi connectivity index (χ4v) is 3.43. The minimum Gasteiger partial charge on any atom is -0.507 e. The highest BCUT2D eigenvalue weighted by Gasteiger charge is 2.29. The van der Waals surface area contributed by atoms with Gasteiger partial charge in [-0.1, -0.05) is 19.9 Å². The predicted molar refractivity (Wildman–Crippen MR) is 108 cm³/mol. The molecule has 2 heterocycles. The number of piperidine rings is 1. The Bertz CT molecular complexity index is 871. The number of benzene rings is 1. The summed E-state index contributed by atoms with van der Waals surface area (Å²) >= 11 is 0. The second kappa shape index (κ2) is 8.42. The van der Waals surface area contributed by atoms with Crippen molar-refractivity contribution in [2.75, 3.05) is 18.4 Å². The number of anilines is 1. The molecule has 2 aromatic rings. The minimum atomic E-state index is -0.181. The number of phenolic OH excluding ortho intramolecular Hbond substituents is 1. The van der Waals surface area contributed by atoms with Crippen molar-refractivity contribution in [2.24, 2.45) is 5.92 Å². The number of hydrogen-bond acceptors (Lipinski definition) is 4. The van der Waals surface area contributed by atoms with E-state index in [1.54, 1.807) is 23.2 Å². The third-order valence-corrected chi connectivity index (χ3v) is 5.24. The lowest BCUT2D eigenvalue weighted by molar-refractivity contribution is -0.121. The Labute approximate surface area is 165 Å². The smallest absolute Gasteiger partial charge is 0.257 e. The fourth-order valence-electron chi connectivity index (χ4n) is 3.43.